The lowest BCUT2D eigenvalue weighted by molar-refractivity contribution is -0.160. The number of Topliss-reactive ketones (excluding diaryl/α,β-unsaturated/α-hetero) is 1. The van der Waals surface area contributed by atoms with Crippen LogP contribution in [-0.4, -0.2) is 40.8 Å². The molecule has 32 heavy (non-hydrogen) atoms. The summed E-state index contributed by atoms with van der Waals surface area (Å²) in [5.74, 6) is 3.73. The Morgan fingerprint density at radius 2 is 1.78 bits per heavy atom. The number of ketones is 1. The van der Waals surface area contributed by atoms with Gasteiger partial charge in [0.25, 0.3) is 0 Å². The van der Waals surface area contributed by atoms with E-state index in [-0.39, 0.29) is 29.6 Å². The van der Waals surface area contributed by atoms with Crippen molar-refractivity contribution in [3.63, 3.8) is 0 Å². The van der Waals surface area contributed by atoms with Crippen LogP contribution >= 0.6 is 0 Å². The second kappa shape index (κ2) is 8.96. The molecule has 0 bridgehead atoms. The Hall–Kier alpha value is -0.450. The number of carbonyl (C=O) groups is 1. The minimum Gasteiger partial charge on any atom is -0.394 e. The SMILES string of the molecule is C[C@H](CCCNC(C)(C)CO)[C@H]1CCC2C3C(=O)C[C@@H]4C[C@H](O)CC[C@]4(C)C3CC[C@@]21C. The van der Waals surface area contributed by atoms with E-state index in [9.17, 15) is 15.0 Å². The molecule has 0 aliphatic heterocycles. The summed E-state index contributed by atoms with van der Waals surface area (Å²) in [5.41, 5.74) is 0.371. The van der Waals surface area contributed by atoms with Crippen LogP contribution in [0.3, 0.4) is 0 Å². The average Bonchev–Trinajstić information content (AvgIpc) is 3.09. The van der Waals surface area contributed by atoms with E-state index >= 15 is 0 Å². The summed E-state index contributed by atoms with van der Waals surface area (Å²) in [7, 11) is 0. The van der Waals surface area contributed by atoms with Crippen LogP contribution in [0, 0.1) is 46.3 Å². The van der Waals surface area contributed by atoms with Gasteiger partial charge in [0, 0.05) is 17.9 Å². The Bertz CT molecular complexity index is 692. The topological polar surface area (TPSA) is 69.6 Å². The van der Waals surface area contributed by atoms with Crippen LogP contribution in [0.2, 0.25) is 0 Å². The first-order chi connectivity index (χ1) is 15.0. The number of carbonyl (C=O) groups excluding carboxylic acids is 1. The molecule has 184 valence electrons. The van der Waals surface area contributed by atoms with Gasteiger partial charge in [0.15, 0.2) is 0 Å². The molecule has 0 heterocycles. The summed E-state index contributed by atoms with van der Waals surface area (Å²) in [6.07, 6.45) is 10.8. The molecule has 9 atom stereocenters. The first-order valence-corrected chi connectivity index (χ1v) is 13.6. The van der Waals surface area contributed by atoms with Crippen molar-refractivity contribution in [1.82, 2.24) is 5.32 Å². The Balaban J connectivity index is 1.42. The zero-order valence-corrected chi connectivity index (χ0v) is 21.3. The predicted molar refractivity (Wildman–Crippen MR) is 129 cm³/mol. The third-order valence-electron chi connectivity index (χ3n) is 11.0. The number of aliphatic hydroxyl groups excluding tert-OH is 2. The molecular weight excluding hydrogens is 398 g/mol. The molecular formula is C28H49NO3. The Morgan fingerprint density at radius 3 is 2.50 bits per heavy atom. The van der Waals surface area contributed by atoms with E-state index in [1.165, 1.54) is 32.1 Å². The lowest BCUT2D eigenvalue weighted by Gasteiger charge is -2.60. The summed E-state index contributed by atoms with van der Waals surface area (Å²) in [6.45, 7) is 12.7. The normalized spacial score (nSPS) is 45.2. The Kier molecular flexibility index (Phi) is 6.91. The van der Waals surface area contributed by atoms with Gasteiger partial charge in [0.1, 0.15) is 5.78 Å². The maximum absolute atomic E-state index is 13.5. The highest BCUT2D eigenvalue weighted by atomic mass is 16.3. The first kappa shape index (κ1) is 24.7. The monoisotopic (exact) mass is 447 g/mol. The van der Waals surface area contributed by atoms with E-state index in [0.717, 1.165) is 38.1 Å². The molecule has 4 fully saturated rings. The van der Waals surface area contributed by atoms with Gasteiger partial charge in [-0.1, -0.05) is 20.8 Å². The number of aliphatic hydroxyl groups is 2. The number of hydrogen-bond donors (Lipinski definition) is 3. The zero-order valence-electron chi connectivity index (χ0n) is 21.3. The lowest BCUT2D eigenvalue weighted by atomic mass is 9.44. The van der Waals surface area contributed by atoms with E-state index < -0.39 is 0 Å². The van der Waals surface area contributed by atoms with Crippen LogP contribution < -0.4 is 5.32 Å². The maximum atomic E-state index is 13.5. The summed E-state index contributed by atoms with van der Waals surface area (Å²) >= 11 is 0. The van der Waals surface area contributed by atoms with Gasteiger partial charge in [-0.15, -0.1) is 0 Å². The second-order valence-electron chi connectivity index (χ2n) is 13.4. The van der Waals surface area contributed by atoms with E-state index in [1.54, 1.807) is 0 Å². The molecule has 4 saturated carbocycles. The molecule has 0 radical (unpaired) electrons. The molecule has 3 N–H and O–H groups in total. The molecule has 0 saturated heterocycles. The quantitative estimate of drug-likeness (QED) is 0.482. The third kappa shape index (κ3) is 4.22. The maximum Gasteiger partial charge on any atom is 0.136 e. The van der Waals surface area contributed by atoms with Gasteiger partial charge in [0.2, 0.25) is 0 Å². The third-order valence-corrected chi connectivity index (χ3v) is 11.0. The van der Waals surface area contributed by atoms with Crippen LogP contribution in [0.1, 0.15) is 98.8 Å². The number of rotatable bonds is 7. The minimum absolute atomic E-state index is 0.167. The molecule has 4 aliphatic carbocycles. The van der Waals surface area contributed by atoms with Crippen LogP contribution in [0.4, 0.5) is 0 Å². The Labute approximate surface area is 196 Å². The summed E-state index contributed by atoms with van der Waals surface area (Å²) in [6, 6.07) is 0. The van der Waals surface area contributed by atoms with Crippen molar-refractivity contribution >= 4 is 5.78 Å². The molecule has 0 amide bonds. The largest absolute Gasteiger partial charge is 0.394 e. The first-order valence-electron chi connectivity index (χ1n) is 13.6. The van der Waals surface area contributed by atoms with E-state index in [0.29, 0.717) is 41.3 Å². The molecule has 4 rings (SSSR count). The molecule has 0 spiro atoms. The molecule has 0 aromatic carbocycles. The van der Waals surface area contributed by atoms with Gasteiger partial charge in [0.05, 0.1) is 12.7 Å². The van der Waals surface area contributed by atoms with Gasteiger partial charge >= 0.3 is 0 Å². The summed E-state index contributed by atoms with van der Waals surface area (Å²) in [4.78, 5) is 13.5. The highest BCUT2D eigenvalue weighted by molar-refractivity contribution is 5.83. The lowest BCUT2D eigenvalue weighted by Crippen LogP contribution is -2.57. The van der Waals surface area contributed by atoms with Crippen molar-refractivity contribution in [3.8, 4) is 0 Å². The predicted octanol–water partition coefficient (Wildman–Crippen LogP) is 4.96. The summed E-state index contributed by atoms with van der Waals surface area (Å²) < 4.78 is 0. The van der Waals surface area contributed by atoms with Crippen molar-refractivity contribution in [2.45, 2.75) is 110 Å². The fraction of sp³-hybridized carbons (Fsp3) is 0.964. The molecule has 3 unspecified atom stereocenters. The van der Waals surface area contributed by atoms with Gasteiger partial charge in [-0.25, -0.2) is 0 Å². The highest BCUT2D eigenvalue weighted by Gasteiger charge is 2.62. The van der Waals surface area contributed by atoms with Gasteiger partial charge < -0.3 is 15.5 Å². The fourth-order valence-corrected chi connectivity index (χ4v) is 8.99. The minimum atomic E-state index is -0.198. The highest BCUT2D eigenvalue weighted by Crippen LogP contribution is 2.67. The van der Waals surface area contributed by atoms with Crippen LogP contribution in [0.15, 0.2) is 0 Å². The number of nitrogens with one attached hydrogen (secondary N) is 1. The molecule has 0 aromatic rings. The van der Waals surface area contributed by atoms with Crippen molar-refractivity contribution in [2.24, 2.45) is 46.3 Å². The smallest absolute Gasteiger partial charge is 0.136 e. The van der Waals surface area contributed by atoms with Crippen molar-refractivity contribution in [3.05, 3.63) is 0 Å². The second-order valence-corrected chi connectivity index (χ2v) is 13.4. The fourth-order valence-electron chi connectivity index (χ4n) is 8.99. The van der Waals surface area contributed by atoms with Crippen molar-refractivity contribution < 1.29 is 15.0 Å². The van der Waals surface area contributed by atoms with E-state index in [2.05, 4.69) is 39.9 Å². The van der Waals surface area contributed by atoms with Gasteiger partial charge in [-0.2, -0.15) is 0 Å². The van der Waals surface area contributed by atoms with Crippen molar-refractivity contribution in [2.75, 3.05) is 13.2 Å². The van der Waals surface area contributed by atoms with E-state index in [4.69, 9.17) is 0 Å². The molecule has 0 aromatic heterocycles. The van der Waals surface area contributed by atoms with Crippen molar-refractivity contribution in [1.29, 1.82) is 0 Å². The summed E-state index contributed by atoms with van der Waals surface area (Å²) in [5, 5.41) is 23.2. The zero-order chi connectivity index (χ0) is 23.3. The van der Waals surface area contributed by atoms with E-state index in [1.807, 2.05) is 0 Å². The van der Waals surface area contributed by atoms with Gasteiger partial charge in [-0.05, 0) is 119 Å². The van der Waals surface area contributed by atoms with Crippen LogP contribution in [0.5, 0.6) is 0 Å². The van der Waals surface area contributed by atoms with Gasteiger partial charge in [-0.3, -0.25) is 4.79 Å². The average molecular weight is 448 g/mol. The van der Waals surface area contributed by atoms with Crippen LogP contribution in [-0.2, 0) is 4.79 Å². The standard InChI is InChI=1S/C28H49NO3/c1-18(7-6-14-29-26(2,3)17-30)21-8-9-22-25-23(11-13-28(21,22)5)27(4)12-10-20(31)15-19(27)16-24(25)32/h18-23,25,29-31H,6-17H2,1-5H3/t18-,19+,20-,21-,22?,23?,25?,27+,28-/m1/s1. The molecule has 4 heteroatoms. The number of hydrogen-bond acceptors (Lipinski definition) is 4. The molecule has 4 aliphatic rings. The molecule has 4 nitrogen and oxygen atoms in total. The van der Waals surface area contributed by atoms with Crippen LogP contribution in [0.25, 0.3) is 0 Å². The number of fused-ring (bicyclic) bond motifs is 5. The Morgan fingerprint density at radius 1 is 1.09 bits per heavy atom.